The van der Waals surface area contributed by atoms with Gasteiger partial charge in [-0.2, -0.15) is 8.42 Å². The van der Waals surface area contributed by atoms with Gasteiger partial charge in [-0.1, -0.05) is 78.9 Å². The van der Waals surface area contributed by atoms with Crippen LogP contribution < -0.4 is 5.43 Å². The molecule has 32 heavy (non-hydrogen) atoms. The van der Waals surface area contributed by atoms with Crippen LogP contribution in [-0.4, -0.2) is 22.6 Å². The summed E-state index contributed by atoms with van der Waals surface area (Å²) in [4.78, 5) is 4.66. The highest BCUT2D eigenvalue weighted by Gasteiger charge is 2.20. The van der Waals surface area contributed by atoms with E-state index in [1.165, 1.54) is 6.07 Å². The fourth-order valence-corrected chi connectivity index (χ4v) is 4.42. The van der Waals surface area contributed by atoms with Crippen molar-refractivity contribution in [3.63, 3.8) is 0 Å². The van der Waals surface area contributed by atoms with Gasteiger partial charge in [-0.25, -0.2) is 9.66 Å². The van der Waals surface area contributed by atoms with Crippen LogP contribution in [0.15, 0.2) is 95.9 Å². The summed E-state index contributed by atoms with van der Waals surface area (Å²) in [5.41, 5.74) is 6.28. The quantitative estimate of drug-likeness (QED) is 0.353. The van der Waals surface area contributed by atoms with Crippen LogP contribution >= 0.6 is 0 Å². The summed E-state index contributed by atoms with van der Waals surface area (Å²) in [6.07, 6.45) is 3.81. The molecule has 0 spiro atoms. The smallest absolute Gasteiger partial charge is 0.292 e. The zero-order valence-electron chi connectivity index (χ0n) is 16.9. The zero-order chi connectivity index (χ0) is 22.1. The molecular weight excluding hydrogens is 422 g/mol. The Hall–Kier alpha value is -3.94. The molecule has 5 rings (SSSR count). The van der Waals surface area contributed by atoms with Crippen LogP contribution in [0.25, 0.3) is 34.0 Å². The molecule has 0 aliphatic rings. The van der Waals surface area contributed by atoms with Gasteiger partial charge in [-0.05, 0) is 29.8 Å². The molecular formula is C25H19N3O3S. The third-order valence-electron chi connectivity index (χ3n) is 5.17. The van der Waals surface area contributed by atoms with E-state index in [1.54, 1.807) is 22.9 Å². The summed E-state index contributed by atoms with van der Waals surface area (Å²) in [6.45, 7) is 0. The van der Waals surface area contributed by atoms with Crippen molar-refractivity contribution in [3.8, 4) is 0 Å². The normalized spacial score (nSPS) is 12.0. The Morgan fingerprint density at radius 1 is 0.812 bits per heavy atom. The first-order valence-electron chi connectivity index (χ1n) is 9.97. The number of benzene rings is 4. The summed E-state index contributed by atoms with van der Waals surface area (Å²) in [5, 5.41) is 1.06. The average molecular weight is 442 g/mol. The minimum Gasteiger partial charge on any atom is -0.292 e. The van der Waals surface area contributed by atoms with Crippen molar-refractivity contribution in [2.45, 2.75) is 4.90 Å². The average Bonchev–Trinajstić information content (AvgIpc) is 3.15. The summed E-state index contributed by atoms with van der Waals surface area (Å²) in [6, 6.07) is 27.8. The van der Waals surface area contributed by atoms with Crippen molar-refractivity contribution < 1.29 is 13.0 Å². The van der Waals surface area contributed by atoms with E-state index >= 15 is 0 Å². The maximum absolute atomic E-state index is 12.2. The Bertz CT molecular complexity index is 1560. The number of nitrogens with one attached hydrogen (secondary N) is 1. The minimum absolute atomic E-state index is 0.157. The largest absolute Gasteiger partial charge is 0.295 e. The molecule has 1 heterocycles. The highest BCUT2D eigenvalue weighted by molar-refractivity contribution is 7.86. The Morgan fingerprint density at radius 2 is 1.44 bits per heavy atom. The van der Waals surface area contributed by atoms with Crippen LogP contribution in [0.4, 0.5) is 5.69 Å². The first-order chi connectivity index (χ1) is 15.5. The van der Waals surface area contributed by atoms with E-state index in [0.717, 1.165) is 11.3 Å². The molecule has 4 aromatic carbocycles. The molecule has 0 saturated carbocycles. The molecule has 0 fully saturated rings. The van der Waals surface area contributed by atoms with Crippen LogP contribution in [0.3, 0.4) is 0 Å². The van der Waals surface area contributed by atoms with Crippen molar-refractivity contribution in [1.82, 2.24) is 9.66 Å². The van der Waals surface area contributed by atoms with E-state index in [1.807, 2.05) is 78.9 Å². The second-order valence-corrected chi connectivity index (χ2v) is 8.68. The molecule has 158 valence electrons. The number of anilines is 1. The molecule has 0 aliphatic heterocycles. The van der Waals surface area contributed by atoms with Gasteiger partial charge >= 0.3 is 0 Å². The van der Waals surface area contributed by atoms with E-state index in [4.69, 9.17) is 4.98 Å². The second-order valence-electron chi connectivity index (χ2n) is 7.29. The van der Waals surface area contributed by atoms with Crippen LogP contribution in [0.2, 0.25) is 0 Å². The lowest BCUT2D eigenvalue weighted by Gasteiger charge is -2.12. The van der Waals surface area contributed by atoms with Gasteiger partial charge in [0.2, 0.25) is 0 Å². The summed E-state index contributed by atoms with van der Waals surface area (Å²) < 4.78 is 36.0. The SMILES string of the molecule is O=S(=O)(O)c1cc2c(nc(C=Cc3ccccc3)n2Nc2ccccc2)c2ccccc12. The maximum atomic E-state index is 12.2. The molecule has 0 atom stereocenters. The van der Waals surface area contributed by atoms with Crippen LogP contribution in [0.5, 0.6) is 0 Å². The Balaban J connectivity index is 1.79. The van der Waals surface area contributed by atoms with Crippen LogP contribution in [-0.2, 0) is 10.1 Å². The number of imidazole rings is 1. The molecule has 0 bridgehead atoms. The van der Waals surface area contributed by atoms with Crippen LogP contribution in [0, 0.1) is 0 Å². The minimum atomic E-state index is -4.44. The molecule has 2 N–H and O–H groups in total. The number of aromatic nitrogens is 2. The maximum Gasteiger partial charge on any atom is 0.295 e. The molecule has 0 radical (unpaired) electrons. The molecule has 0 aliphatic carbocycles. The summed E-state index contributed by atoms with van der Waals surface area (Å²) >= 11 is 0. The number of fused-ring (bicyclic) bond motifs is 3. The second kappa shape index (κ2) is 7.96. The monoisotopic (exact) mass is 441 g/mol. The lowest BCUT2D eigenvalue weighted by molar-refractivity contribution is 0.484. The van der Waals surface area contributed by atoms with E-state index < -0.39 is 10.1 Å². The van der Waals surface area contributed by atoms with Gasteiger partial charge in [0.15, 0.2) is 5.82 Å². The number of hydrogen-bond acceptors (Lipinski definition) is 4. The van der Waals surface area contributed by atoms with Gasteiger partial charge in [0.05, 0.1) is 16.7 Å². The Labute approximate surface area is 185 Å². The fourth-order valence-electron chi connectivity index (χ4n) is 3.71. The Kier molecular flexibility index (Phi) is 4.97. The van der Waals surface area contributed by atoms with Gasteiger partial charge in [0.25, 0.3) is 10.1 Å². The lowest BCUT2D eigenvalue weighted by atomic mass is 10.1. The number of hydrogen-bond donors (Lipinski definition) is 2. The third kappa shape index (κ3) is 3.75. The van der Waals surface area contributed by atoms with Crippen molar-refractivity contribution in [2.75, 3.05) is 5.43 Å². The van der Waals surface area contributed by atoms with E-state index in [-0.39, 0.29) is 4.90 Å². The van der Waals surface area contributed by atoms with Crippen molar-refractivity contribution in [1.29, 1.82) is 0 Å². The van der Waals surface area contributed by atoms with Crippen molar-refractivity contribution in [3.05, 3.63) is 102 Å². The van der Waals surface area contributed by atoms with Crippen LogP contribution in [0.1, 0.15) is 11.4 Å². The molecule has 7 heteroatoms. The van der Waals surface area contributed by atoms with Gasteiger partial charge in [0, 0.05) is 10.8 Å². The van der Waals surface area contributed by atoms with E-state index in [9.17, 15) is 13.0 Å². The standard InChI is InChI=1S/C25H19N3O3S/c29-32(30,31)23-17-22-25(21-14-8-7-13-20(21)23)26-24(16-15-18-9-3-1-4-10-18)28(22)27-19-11-5-2-6-12-19/h1-17,27H,(H,29,30,31). The predicted octanol–water partition coefficient (Wildman–Crippen LogP) is 5.48. The number of para-hydroxylation sites is 1. The van der Waals surface area contributed by atoms with E-state index in [2.05, 4.69) is 5.43 Å². The van der Waals surface area contributed by atoms with Crippen molar-refractivity contribution >= 4 is 49.8 Å². The topological polar surface area (TPSA) is 84.2 Å². The summed E-state index contributed by atoms with van der Waals surface area (Å²) in [7, 11) is -4.44. The van der Waals surface area contributed by atoms with Gasteiger partial charge in [-0.15, -0.1) is 0 Å². The molecule has 6 nitrogen and oxygen atoms in total. The Morgan fingerprint density at radius 3 is 2.12 bits per heavy atom. The number of rotatable bonds is 5. The lowest BCUT2D eigenvalue weighted by Crippen LogP contribution is -2.11. The first-order valence-corrected chi connectivity index (χ1v) is 11.4. The van der Waals surface area contributed by atoms with E-state index in [0.29, 0.717) is 27.6 Å². The summed E-state index contributed by atoms with van der Waals surface area (Å²) in [5.74, 6) is 0.588. The predicted molar refractivity (Wildman–Crippen MR) is 128 cm³/mol. The fraction of sp³-hybridized carbons (Fsp3) is 0. The van der Waals surface area contributed by atoms with Gasteiger partial charge in [0.1, 0.15) is 4.90 Å². The third-order valence-corrected chi connectivity index (χ3v) is 6.07. The molecule has 5 aromatic rings. The van der Waals surface area contributed by atoms with Gasteiger partial charge < -0.3 is 0 Å². The highest BCUT2D eigenvalue weighted by atomic mass is 32.2. The van der Waals surface area contributed by atoms with Crippen molar-refractivity contribution in [2.24, 2.45) is 0 Å². The highest BCUT2D eigenvalue weighted by Crippen LogP contribution is 2.32. The van der Waals surface area contributed by atoms with Gasteiger partial charge in [-0.3, -0.25) is 9.98 Å². The molecule has 0 saturated heterocycles. The molecule has 0 amide bonds. The number of nitrogens with zero attached hydrogens (tertiary/aromatic N) is 2. The zero-order valence-corrected chi connectivity index (χ0v) is 17.7. The first kappa shape index (κ1) is 20.0. The molecule has 1 aromatic heterocycles. The molecule has 0 unspecified atom stereocenters.